The quantitative estimate of drug-likeness (QED) is 0.800. The molecule has 0 saturated carbocycles. The monoisotopic (exact) mass is 367 g/mol. The second-order valence-corrected chi connectivity index (χ2v) is 5.21. The maximum absolute atomic E-state index is 13.4. The van der Waals surface area contributed by atoms with Crippen molar-refractivity contribution in [1.29, 1.82) is 0 Å². The van der Waals surface area contributed by atoms with E-state index in [4.69, 9.17) is 0 Å². The number of halogens is 2. The molecule has 2 amide bonds. The summed E-state index contributed by atoms with van der Waals surface area (Å²) in [5, 5.41) is 0. The number of nitrogens with zero attached hydrogens (tertiary/aromatic N) is 1. The molecule has 6 nitrogen and oxygen atoms in total. The Morgan fingerprint density at radius 2 is 1.86 bits per heavy atom. The molecule has 22 heavy (non-hydrogen) atoms. The van der Waals surface area contributed by atoms with Crippen molar-refractivity contribution >= 4 is 27.7 Å². The Balaban J connectivity index is 1.96. The van der Waals surface area contributed by atoms with Gasteiger partial charge in [-0.2, -0.15) is 0 Å². The first-order valence-electron chi connectivity index (χ1n) is 6.17. The van der Waals surface area contributed by atoms with Gasteiger partial charge < -0.3 is 4.57 Å². The minimum atomic E-state index is -0.784. The normalized spacial score (nSPS) is 10.1. The summed E-state index contributed by atoms with van der Waals surface area (Å²) in [6, 6.07) is 8.23. The molecule has 1 aromatic carbocycles. The number of amides is 2. The molecule has 1 aromatic heterocycles. The van der Waals surface area contributed by atoms with E-state index in [9.17, 15) is 18.8 Å². The molecule has 0 spiro atoms. The maximum atomic E-state index is 13.4. The lowest BCUT2D eigenvalue weighted by atomic mass is 10.2. The van der Waals surface area contributed by atoms with Crippen LogP contribution in [0.3, 0.4) is 0 Å². The number of hydrogen-bond donors (Lipinski definition) is 2. The fraction of sp³-hybridized carbons (Fsp3) is 0.0714. The van der Waals surface area contributed by atoms with Gasteiger partial charge in [-0.05, 0) is 34.1 Å². The van der Waals surface area contributed by atoms with Gasteiger partial charge in [-0.15, -0.1) is 0 Å². The van der Waals surface area contributed by atoms with E-state index in [1.54, 1.807) is 6.07 Å². The lowest BCUT2D eigenvalue weighted by Crippen LogP contribution is -2.44. The number of pyridine rings is 1. The van der Waals surface area contributed by atoms with Crippen LogP contribution in [0.4, 0.5) is 4.39 Å². The number of rotatable bonds is 3. The Kier molecular flexibility index (Phi) is 5.05. The van der Waals surface area contributed by atoms with Crippen molar-refractivity contribution in [2.75, 3.05) is 0 Å². The van der Waals surface area contributed by atoms with Gasteiger partial charge in [0.15, 0.2) is 0 Å². The minimum absolute atomic E-state index is 0.192. The van der Waals surface area contributed by atoms with Crippen molar-refractivity contribution in [1.82, 2.24) is 15.4 Å². The first-order chi connectivity index (χ1) is 10.5. The zero-order valence-corrected chi connectivity index (χ0v) is 12.8. The Morgan fingerprint density at radius 3 is 2.59 bits per heavy atom. The lowest BCUT2D eigenvalue weighted by Gasteiger charge is -2.09. The van der Waals surface area contributed by atoms with Crippen LogP contribution in [0.5, 0.6) is 0 Å². The van der Waals surface area contributed by atoms with Crippen molar-refractivity contribution in [3.8, 4) is 0 Å². The van der Waals surface area contributed by atoms with Crippen molar-refractivity contribution in [2.45, 2.75) is 6.54 Å². The molecule has 2 N–H and O–H groups in total. The number of nitrogens with one attached hydrogen (secondary N) is 2. The molecule has 0 atom stereocenters. The van der Waals surface area contributed by atoms with Crippen molar-refractivity contribution in [2.24, 2.45) is 0 Å². The first kappa shape index (κ1) is 15.9. The molecule has 1 heterocycles. The van der Waals surface area contributed by atoms with Gasteiger partial charge in [-0.25, -0.2) is 4.39 Å². The van der Waals surface area contributed by atoms with Gasteiger partial charge in [0.25, 0.3) is 17.4 Å². The third-order valence-corrected chi connectivity index (χ3v) is 3.16. The van der Waals surface area contributed by atoms with E-state index in [1.165, 1.54) is 30.5 Å². The molecule has 2 aromatic rings. The number of hydrogen-bond acceptors (Lipinski definition) is 3. The van der Waals surface area contributed by atoms with Crippen LogP contribution >= 0.6 is 15.9 Å². The van der Waals surface area contributed by atoms with E-state index in [0.717, 1.165) is 10.6 Å². The van der Waals surface area contributed by atoms with Gasteiger partial charge in [0.05, 0.1) is 5.56 Å². The van der Waals surface area contributed by atoms with Gasteiger partial charge >= 0.3 is 0 Å². The summed E-state index contributed by atoms with van der Waals surface area (Å²) in [5.41, 5.74) is 3.66. The third-order valence-electron chi connectivity index (χ3n) is 2.70. The van der Waals surface area contributed by atoms with Crippen molar-refractivity contribution < 1.29 is 14.0 Å². The average Bonchev–Trinajstić information content (AvgIpc) is 2.49. The van der Waals surface area contributed by atoms with Gasteiger partial charge in [0, 0.05) is 16.7 Å². The zero-order valence-electron chi connectivity index (χ0n) is 11.2. The Morgan fingerprint density at radius 1 is 1.14 bits per heavy atom. The summed E-state index contributed by atoms with van der Waals surface area (Å²) in [7, 11) is 0. The summed E-state index contributed by atoms with van der Waals surface area (Å²) >= 11 is 3.18. The fourth-order valence-corrected chi connectivity index (χ4v) is 2.04. The van der Waals surface area contributed by atoms with Crippen LogP contribution in [0, 0.1) is 5.82 Å². The van der Waals surface area contributed by atoms with Crippen LogP contribution in [0.15, 0.2) is 51.9 Å². The summed E-state index contributed by atoms with van der Waals surface area (Å²) in [5.74, 6) is -2.10. The zero-order chi connectivity index (χ0) is 16.1. The highest BCUT2D eigenvalue weighted by Crippen LogP contribution is 2.05. The van der Waals surface area contributed by atoms with E-state index in [0.29, 0.717) is 4.47 Å². The van der Waals surface area contributed by atoms with E-state index < -0.39 is 17.6 Å². The molecular formula is C14H11BrFN3O3. The van der Waals surface area contributed by atoms with Gasteiger partial charge in [-0.3, -0.25) is 25.2 Å². The molecule has 8 heteroatoms. The smallest absolute Gasteiger partial charge is 0.272 e. The van der Waals surface area contributed by atoms with Gasteiger partial charge in [0.1, 0.15) is 12.4 Å². The standard InChI is InChI=1S/C14H11BrFN3O3/c15-9-5-6-13(21)19(7-9)8-12(20)17-18-14(22)10-3-1-2-4-11(10)16/h1-7H,8H2,(H,17,20)(H,18,22). The van der Waals surface area contributed by atoms with E-state index >= 15 is 0 Å². The lowest BCUT2D eigenvalue weighted by molar-refractivity contribution is -0.122. The SMILES string of the molecule is O=C(Cn1cc(Br)ccc1=O)NNC(=O)c1ccccc1F. The number of carbonyl (C=O) groups is 2. The molecule has 0 fully saturated rings. The van der Waals surface area contributed by atoms with Crippen LogP contribution in [0.1, 0.15) is 10.4 Å². The summed E-state index contributed by atoms with van der Waals surface area (Å²) in [4.78, 5) is 34.9. The second kappa shape index (κ2) is 6.99. The largest absolute Gasteiger partial charge is 0.305 e. The Labute approximate surface area is 133 Å². The number of hydrazine groups is 1. The van der Waals surface area contributed by atoms with Crippen molar-refractivity contribution in [3.63, 3.8) is 0 Å². The second-order valence-electron chi connectivity index (χ2n) is 4.30. The first-order valence-corrected chi connectivity index (χ1v) is 6.96. The maximum Gasteiger partial charge on any atom is 0.272 e. The van der Waals surface area contributed by atoms with E-state index in [-0.39, 0.29) is 17.7 Å². The molecule has 0 aliphatic carbocycles. The van der Waals surface area contributed by atoms with Crippen LogP contribution in [-0.2, 0) is 11.3 Å². The van der Waals surface area contributed by atoms with Crippen LogP contribution in [-0.4, -0.2) is 16.4 Å². The minimum Gasteiger partial charge on any atom is -0.305 e. The van der Waals surface area contributed by atoms with Gasteiger partial charge in [-0.1, -0.05) is 12.1 Å². The fourth-order valence-electron chi connectivity index (χ4n) is 1.66. The molecule has 2 rings (SSSR count). The molecule has 0 bridgehead atoms. The predicted molar refractivity (Wildman–Crippen MR) is 80.4 cm³/mol. The molecule has 0 unspecified atom stereocenters. The Bertz CT molecular complexity index is 776. The highest BCUT2D eigenvalue weighted by molar-refractivity contribution is 9.10. The molecular weight excluding hydrogens is 357 g/mol. The Hall–Kier alpha value is -2.48. The highest BCUT2D eigenvalue weighted by atomic mass is 79.9. The molecule has 0 aliphatic heterocycles. The predicted octanol–water partition coefficient (Wildman–Crippen LogP) is 1.21. The van der Waals surface area contributed by atoms with E-state index in [2.05, 4.69) is 26.8 Å². The topological polar surface area (TPSA) is 80.2 Å². The van der Waals surface area contributed by atoms with E-state index in [1.807, 2.05) is 0 Å². The summed E-state index contributed by atoms with van der Waals surface area (Å²) in [6.07, 6.45) is 1.45. The summed E-state index contributed by atoms with van der Waals surface area (Å²) < 4.78 is 15.2. The van der Waals surface area contributed by atoms with Crippen LogP contribution in [0.25, 0.3) is 0 Å². The van der Waals surface area contributed by atoms with Crippen LogP contribution < -0.4 is 16.4 Å². The van der Waals surface area contributed by atoms with Crippen LogP contribution in [0.2, 0.25) is 0 Å². The molecule has 0 aliphatic rings. The highest BCUT2D eigenvalue weighted by Gasteiger charge is 2.12. The third kappa shape index (κ3) is 4.01. The number of aromatic nitrogens is 1. The average molecular weight is 368 g/mol. The molecule has 114 valence electrons. The molecule has 0 saturated heterocycles. The summed E-state index contributed by atoms with van der Waals surface area (Å²) in [6.45, 7) is -0.282. The number of benzene rings is 1. The van der Waals surface area contributed by atoms with Crippen molar-refractivity contribution in [3.05, 3.63) is 68.8 Å². The van der Waals surface area contributed by atoms with Gasteiger partial charge in [0.2, 0.25) is 0 Å². The number of carbonyl (C=O) groups excluding carboxylic acids is 2. The molecule has 0 radical (unpaired) electrons.